The minimum atomic E-state index is -0.269. The van der Waals surface area contributed by atoms with Gasteiger partial charge in [-0.15, -0.1) is 0 Å². The largest absolute Gasteiger partial charge is 0.497 e. The summed E-state index contributed by atoms with van der Waals surface area (Å²) in [7, 11) is 1.68. The van der Waals surface area contributed by atoms with Crippen molar-refractivity contribution in [1.82, 2.24) is 10.2 Å². The van der Waals surface area contributed by atoms with Crippen molar-refractivity contribution in [2.45, 2.75) is 44.7 Å². The van der Waals surface area contributed by atoms with Crippen molar-refractivity contribution in [3.05, 3.63) is 63.9 Å². The molecule has 0 bridgehead atoms. The van der Waals surface area contributed by atoms with E-state index < -0.39 is 0 Å². The van der Waals surface area contributed by atoms with Crippen LogP contribution in [0.25, 0.3) is 0 Å². The third kappa shape index (κ3) is 4.79. The Balaban J connectivity index is 1.32. The van der Waals surface area contributed by atoms with Crippen LogP contribution < -0.4 is 10.1 Å². The van der Waals surface area contributed by atoms with E-state index in [-0.39, 0.29) is 23.7 Å². The molecule has 1 atom stereocenters. The Morgan fingerprint density at radius 3 is 2.73 bits per heavy atom. The fourth-order valence-electron chi connectivity index (χ4n) is 4.60. The normalized spacial score (nSPS) is 19.9. The highest BCUT2D eigenvalue weighted by Gasteiger charge is 2.29. The van der Waals surface area contributed by atoms with Crippen molar-refractivity contribution in [2.24, 2.45) is 5.92 Å². The van der Waals surface area contributed by atoms with Gasteiger partial charge in [-0.3, -0.25) is 9.69 Å². The van der Waals surface area contributed by atoms with E-state index >= 15 is 0 Å². The first-order valence-corrected chi connectivity index (χ1v) is 11.0. The standard InChI is InChI=1S/C24H28ClFN2O2/c1-30-20-7-8-21-17(13-20)3-2-4-23(21)27-24(29)16-9-11-28(12-10-16)15-18-5-6-19(25)14-22(18)26/h5-8,13-14,16,23H,2-4,9-12,15H2,1H3,(H,27,29)/t23-/m1/s1. The highest BCUT2D eigenvalue weighted by molar-refractivity contribution is 6.30. The van der Waals surface area contributed by atoms with Crippen LogP contribution in [0.5, 0.6) is 5.75 Å². The zero-order valence-corrected chi connectivity index (χ0v) is 18.1. The molecular weight excluding hydrogens is 403 g/mol. The molecule has 0 saturated carbocycles. The molecule has 2 aliphatic rings. The van der Waals surface area contributed by atoms with Crippen LogP contribution in [0.15, 0.2) is 36.4 Å². The molecule has 4 rings (SSSR count). The predicted molar refractivity (Wildman–Crippen MR) is 116 cm³/mol. The molecule has 1 amide bonds. The minimum Gasteiger partial charge on any atom is -0.497 e. The molecule has 160 valence electrons. The number of nitrogens with one attached hydrogen (secondary N) is 1. The molecule has 0 spiro atoms. The number of amides is 1. The molecule has 2 aromatic rings. The maximum absolute atomic E-state index is 14.1. The molecule has 0 unspecified atom stereocenters. The maximum atomic E-state index is 14.1. The van der Waals surface area contributed by atoms with Crippen LogP contribution in [0.2, 0.25) is 5.02 Å². The van der Waals surface area contributed by atoms with Gasteiger partial charge in [-0.25, -0.2) is 4.39 Å². The van der Waals surface area contributed by atoms with Crippen LogP contribution in [0.1, 0.15) is 48.4 Å². The number of piperidine rings is 1. The molecule has 1 aliphatic carbocycles. The Bertz CT molecular complexity index is 912. The Labute approximate surface area is 182 Å². The lowest BCUT2D eigenvalue weighted by molar-refractivity contribution is -0.127. The van der Waals surface area contributed by atoms with Gasteiger partial charge in [0, 0.05) is 23.0 Å². The lowest BCUT2D eigenvalue weighted by Gasteiger charge is -2.33. The zero-order valence-electron chi connectivity index (χ0n) is 17.3. The number of benzene rings is 2. The summed E-state index contributed by atoms with van der Waals surface area (Å²) in [6.45, 7) is 2.13. The number of methoxy groups -OCH3 is 1. The number of halogens is 2. The van der Waals surface area contributed by atoms with Gasteiger partial charge < -0.3 is 10.1 Å². The molecular formula is C24H28ClFN2O2. The first-order chi connectivity index (χ1) is 14.5. The lowest BCUT2D eigenvalue weighted by atomic mass is 9.86. The lowest BCUT2D eigenvalue weighted by Crippen LogP contribution is -2.41. The van der Waals surface area contributed by atoms with E-state index in [4.69, 9.17) is 16.3 Å². The number of rotatable bonds is 5. The highest BCUT2D eigenvalue weighted by Crippen LogP contribution is 2.33. The molecule has 4 nitrogen and oxygen atoms in total. The van der Waals surface area contributed by atoms with E-state index in [0.717, 1.165) is 50.9 Å². The number of likely N-dealkylation sites (tertiary alicyclic amines) is 1. The van der Waals surface area contributed by atoms with E-state index in [1.807, 2.05) is 6.07 Å². The van der Waals surface area contributed by atoms with E-state index in [2.05, 4.69) is 22.3 Å². The highest BCUT2D eigenvalue weighted by atomic mass is 35.5. The van der Waals surface area contributed by atoms with Gasteiger partial charge in [-0.05, 0) is 80.6 Å². The minimum absolute atomic E-state index is 0.0138. The average Bonchev–Trinajstić information content (AvgIpc) is 2.76. The Hall–Kier alpha value is -2.11. The van der Waals surface area contributed by atoms with Gasteiger partial charge in [0.2, 0.25) is 5.91 Å². The summed E-state index contributed by atoms with van der Waals surface area (Å²) in [4.78, 5) is 15.1. The van der Waals surface area contributed by atoms with E-state index in [0.29, 0.717) is 17.1 Å². The van der Waals surface area contributed by atoms with Gasteiger partial charge in [0.05, 0.1) is 13.2 Å². The fourth-order valence-corrected chi connectivity index (χ4v) is 4.76. The van der Waals surface area contributed by atoms with Gasteiger partial charge in [0.15, 0.2) is 0 Å². The first kappa shape index (κ1) is 21.1. The number of aryl methyl sites for hydroxylation is 1. The number of hydrogen-bond acceptors (Lipinski definition) is 3. The second kappa shape index (κ2) is 9.36. The Kier molecular flexibility index (Phi) is 6.59. The van der Waals surface area contributed by atoms with Crippen molar-refractivity contribution < 1.29 is 13.9 Å². The fraction of sp³-hybridized carbons (Fsp3) is 0.458. The second-order valence-corrected chi connectivity index (χ2v) is 8.74. The molecule has 0 radical (unpaired) electrons. The monoisotopic (exact) mass is 430 g/mol. The van der Waals surface area contributed by atoms with Crippen LogP contribution in [0, 0.1) is 11.7 Å². The quantitative estimate of drug-likeness (QED) is 0.734. The van der Waals surface area contributed by atoms with Crippen molar-refractivity contribution in [3.63, 3.8) is 0 Å². The SMILES string of the molecule is COc1ccc2c(c1)CCC[C@H]2NC(=O)C1CCN(Cc2ccc(Cl)cc2F)CC1. The second-order valence-electron chi connectivity index (χ2n) is 8.30. The number of nitrogens with zero attached hydrogens (tertiary/aromatic N) is 1. The topological polar surface area (TPSA) is 41.6 Å². The smallest absolute Gasteiger partial charge is 0.223 e. The molecule has 2 aromatic carbocycles. The average molecular weight is 431 g/mol. The molecule has 1 aliphatic heterocycles. The van der Waals surface area contributed by atoms with Crippen molar-refractivity contribution in [3.8, 4) is 5.75 Å². The Morgan fingerprint density at radius 2 is 2.00 bits per heavy atom. The van der Waals surface area contributed by atoms with Gasteiger partial charge in [-0.2, -0.15) is 0 Å². The summed E-state index contributed by atoms with van der Waals surface area (Å²) in [5.41, 5.74) is 3.13. The van der Waals surface area contributed by atoms with Crippen LogP contribution in [0.3, 0.4) is 0 Å². The number of carbonyl (C=O) groups excluding carboxylic acids is 1. The van der Waals surface area contributed by atoms with Crippen LogP contribution in [-0.2, 0) is 17.8 Å². The summed E-state index contributed by atoms with van der Waals surface area (Å²) >= 11 is 5.84. The summed E-state index contributed by atoms with van der Waals surface area (Å²) in [5, 5.41) is 3.70. The number of ether oxygens (including phenoxy) is 1. The third-order valence-corrected chi connectivity index (χ3v) is 6.58. The molecule has 1 heterocycles. The van der Waals surface area contributed by atoms with Gasteiger partial charge in [0.1, 0.15) is 11.6 Å². The summed E-state index contributed by atoms with van der Waals surface area (Å²) in [6.07, 6.45) is 4.65. The van der Waals surface area contributed by atoms with Crippen molar-refractivity contribution >= 4 is 17.5 Å². The van der Waals surface area contributed by atoms with Gasteiger partial charge in [0.25, 0.3) is 0 Å². The van der Waals surface area contributed by atoms with Crippen molar-refractivity contribution in [2.75, 3.05) is 20.2 Å². The first-order valence-electron chi connectivity index (χ1n) is 10.7. The molecule has 1 saturated heterocycles. The third-order valence-electron chi connectivity index (χ3n) is 6.35. The van der Waals surface area contributed by atoms with Gasteiger partial charge >= 0.3 is 0 Å². The van der Waals surface area contributed by atoms with E-state index in [1.54, 1.807) is 19.2 Å². The van der Waals surface area contributed by atoms with Crippen molar-refractivity contribution in [1.29, 1.82) is 0 Å². The van der Waals surface area contributed by atoms with Crippen LogP contribution in [0.4, 0.5) is 4.39 Å². The predicted octanol–water partition coefficient (Wildman–Crippen LogP) is 4.89. The van der Waals surface area contributed by atoms with E-state index in [1.165, 1.54) is 17.2 Å². The number of carbonyl (C=O) groups is 1. The summed E-state index contributed by atoms with van der Waals surface area (Å²) in [5.74, 6) is 0.751. The Morgan fingerprint density at radius 1 is 1.20 bits per heavy atom. The molecule has 1 fully saturated rings. The molecule has 0 aromatic heterocycles. The molecule has 30 heavy (non-hydrogen) atoms. The van der Waals surface area contributed by atoms with Crippen LogP contribution >= 0.6 is 11.6 Å². The zero-order chi connectivity index (χ0) is 21.1. The number of fused-ring (bicyclic) bond motifs is 1. The maximum Gasteiger partial charge on any atom is 0.223 e. The molecule has 6 heteroatoms. The number of hydrogen-bond donors (Lipinski definition) is 1. The summed E-state index contributed by atoms with van der Waals surface area (Å²) < 4.78 is 19.4. The van der Waals surface area contributed by atoms with Crippen LogP contribution in [-0.4, -0.2) is 31.0 Å². The van der Waals surface area contributed by atoms with Gasteiger partial charge in [-0.1, -0.05) is 23.7 Å². The molecule has 1 N–H and O–H groups in total. The summed E-state index contributed by atoms with van der Waals surface area (Å²) in [6, 6.07) is 11.0. The van der Waals surface area contributed by atoms with E-state index in [9.17, 15) is 9.18 Å².